The van der Waals surface area contributed by atoms with Crippen molar-refractivity contribution in [1.29, 1.82) is 0 Å². The van der Waals surface area contributed by atoms with Crippen LogP contribution in [0.2, 0.25) is 0 Å². The van der Waals surface area contributed by atoms with Gasteiger partial charge in [0.25, 0.3) is 0 Å². The molecule has 0 atom stereocenters. The van der Waals surface area contributed by atoms with Crippen LogP contribution in [0.5, 0.6) is 0 Å². The molecule has 2 heterocycles. The molecule has 25 heavy (non-hydrogen) atoms. The van der Waals surface area contributed by atoms with Gasteiger partial charge in [0.05, 0.1) is 16.1 Å². The fourth-order valence-electron chi connectivity index (χ4n) is 3.01. The number of carbonyl (C=O) groups is 1. The maximum Gasteiger partial charge on any atom is 0.135 e. The van der Waals surface area contributed by atoms with E-state index < -0.39 is 0 Å². The van der Waals surface area contributed by atoms with E-state index in [4.69, 9.17) is 4.98 Å². The summed E-state index contributed by atoms with van der Waals surface area (Å²) in [5.74, 6) is 0.185. The van der Waals surface area contributed by atoms with Gasteiger partial charge >= 0.3 is 0 Å². The first kappa shape index (κ1) is 15.7. The number of pyridine rings is 1. The van der Waals surface area contributed by atoms with E-state index in [1.807, 2.05) is 24.3 Å². The van der Waals surface area contributed by atoms with Gasteiger partial charge in [0.1, 0.15) is 5.78 Å². The van der Waals surface area contributed by atoms with Gasteiger partial charge in [-0.25, -0.2) is 4.98 Å². The van der Waals surface area contributed by atoms with Crippen LogP contribution in [0.25, 0.3) is 32.6 Å². The van der Waals surface area contributed by atoms with Crippen molar-refractivity contribution >= 4 is 28.0 Å². The van der Waals surface area contributed by atoms with Crippen molar-refractivity contribution in [3.63, 3.8) is 0 Å². The molecule has 0 amide bonds. The maximum atomic E-state index is 11.4. The van der Waals surface area contributed by atoms with Gasteiger partial charge in [0.2, 0.25) is 0 Å². The fourth-order valence-corrected chi connectivity index (χ4v) is 4.05. The average Bonchev–Trinajstić information content (AvgIpc) is 3.09. The molecule has 0 radical (unpaired) electrons. The number of ketones is 1. The highest BCUT2D eigenvalue weighted by atomic mass is 32.1. The van der Waals surface area contributed by atoms with Crippen LogP contribution in [-0.2, 0) is 11.2 Å². The van der Waals surface area contributed by atoms with Gasteiger partial charge in [0.15, 0.2) is 0 Å². The third kappa shape index (κ3) is 3.24. The fraction of sp³-hybridized carbons (Fsp3) is 0.0909. The summed E-state index contributed by atoms with van der Waals surface area (Å²) >= 11 is 1.64. The van der Waals surface area contributed by atoms with Crippen molar-refractivity contribution < 1.29 is 4.79 Å². The van der Waals surface area contributed by atoms with E-state index in [2.05, 4.69) is 48.5 Å². The Kier molecular flexibility index (Phi) is 4.16. The van der Waals surface area contributed by atoms with Crippen LogP contribution < -0.4 is 0 Å². The van der Waals surface area contributed by atoms with Gasteiger partial charge in [-0.15, -0.1) is 11.3 Å². The van der Waals surface area contributed by atoms with Crippen LogP contribution in [0.15, 0.2) is 72.8 Å². The molecule has 0 fully saturated rings. The number of benzene rings is 2. The molecule has 0 aliphatic rings. The highest BCUT2D eigenvalue weighted by Crippen LogP contribution is 2.34. The van der Waals surface area contributed by atoms with Crippen molar-refractivity contribution in [3.05, 3.63) is 77.7 Å². The molecule has 0 spiro atoms. The Morgan fingerprint density at radius 3 is 2.52 bits per heavy atom. The zero-order valence-electron chi connectivity index (χ0n) is 13.9. The van der Waals surface area contributed by atoms with Crippen molar-refractivity contribution in [1.82, 2.24) is 4.98 Å². The summed E-state index contributed by atoms with van der Waals surface area (Å²) < 4.78 is 0. The molecule has 122 valence electrons. The number of hydrogen-bond donors (Lipinski definition) is 0. The standard InChI is InChI=1S/C22H17NOS/c1-15(24)13-17-11-12-22(25-17)21-14-19(16-7-3-2-4-8-16)18-9-5-6-10-20(18)23-21/h2-12,14H,13H2,1H3. The minimum absolute atomic E-state index is 0.185. The molecule has 0 aliphatic carbocycles. The monoisotopic (exact) mass is 343 g/mol. The van der Waals surface area contributed by atoms with E-state index in [9.17, 15) is 4.79 Å². The minimum Gasteiger partial charge on any atom is -0.300 e. The van der Waals surface area contributed by atoms with Crippen LogP contribution >= 0.6 is 11.3 Å². The lowest BCUT2D eigenvalue weighted by molar-refractivity contribution is -0.116. The topological polar surface area (TPSA) is 30.0 Å². The number of thiophene rings is 1. The first-order valence-electron chi connectivity index (χ1n) is 8.24. The van der Waals surface area contributed by atoms with Gasteiger partial charge in [0, 0.05) is 16.7 Å². The number of hydrogen-bond acceptors (Lipinski definition) is 3. The normalized spacial score (nSPS) is 10.9. The number of fused-ring (bicyclic) bond motifs is 1. The number of para-hydroxylation sites is 1. The van der Waals surface area contributed by atoms with E-state index in [0.29, 0.717) is 6.42 Å². The smallest absolute Gasteiger partial charge is 0.135 e. The van der Waals surface area contributed by atoms with Crippen molar-refractivity contribution in [2.75, 3.05) is 0 Å². The van der Waals surface area contributed by atoms with E-state index in [0.717, 1.165) is 26.4 Å². The van der Waals surface area contributed by atoms with E-state index >= 15 is 0 Å². The Morgan fingerprint density at radius 2 is 1.72 bits per heavy atom. The molecule has 0 unspecified atom stereocenters. The zero-order chi connectivity index (χ0) is 17.2. The highest BCUT2D eigenvalue weighted by Gasteiger charge is 2.11. The van der Waals surface area contributed by atoms with E-state index in [1.54, 1.807) is 18.3 Å². The third-order valence-corrected chi connectivity index (χ3v) is 5.25. The summed E-state index contributed by atoms with van der Waals surface area (Å²) in [6, 6.07) is 24.9. The SMILES string of the molecule is CC(=O)Cc1ccc(-c2cc(-c3ccccc3)c3ccccc3n2)s1. The second-order valence-electron chi connectivity index (χ2n) is 6.08. The Hall–Kier alpha value is -2.78. The van der Waals surface area contributed by atoms with Crippen molar-refractivity contribution in [2.24, 2.45) is 0 Å². The predicted octanol–water partition coefficient (Wildman–Crippen LogP) is 5.76. The number of carbonyl (C=O) groups excluding carboxylic acids is 1. The van der Waals surface area contributed by atoms with Gasteiger partial charge in [-0.3, -0.25) is 4.79 Å². The van der Waals surface area contributed by atoms with E-state index in [1.165, 1.54) is 11.1 Å². The Morgan fingerprint density at radius 1 is 0.960 bits per heavy atom. The molecule has 2 nitrogen and oxygen atoms in total. The third-order valence-electron chi connectivity index (χ3n) is 4.14. The zero-order valence-corrected chi connectivity index (χ0v) is 14.7. The Balaban J connectivity index is 1.88. The largest absolute Gasteiger partial charge is 0.300 e. The van der Waals surface area contributed by atoms with Gasteiger partial charge < -0.3 is 0 Å². The van der Waals surface area contributed by atoms with Crippen molar-refractivity contribution in [2.45, 2.75) is 13.3 Å². The summed E-state index contributed by atoms with van der Waals surface area (Å²) in [5.41, 5.74) is 4.31. The van der Waals surface area contributed by atoms with Crippen LogP contribution in [0.4, 0.5) is 0 Å². The molecule has 0 N–H and O–H groups in total. The van der Waals surface area contributed by atoms with Gasteiger partial charge in [-0.05, 0) is 42.3 Å². The summed E-state index contributed by atoms with van der Waals surface area (Å²) in [6.07, 6.45) is 0.490. The lowest BCUT2D eigenvalue weighted by atomic mass is 10.00. The lowest BCUT2D eigenvalue weighted by Gasteiger charge is -2.09. The van der Waals surface area contributed by atoms with Crippen LogP contribution in [0, 0.1) is 0 Å². The second-order valence-corrected chi connectivity index (χ2v) is 7.25. The average molecular weight is 343 g/mol. The quantitative estimate of drug-likeness (QED) is 0.471. The first-order chi connectivity index (χ1) is 12.2. The molecular weight excluding hydrogens is 326 g/mol. The first-order valence-corrected chi connectivity index (χ1v) is 9.06. The maximum absolute atomic E-state index is 11.4. The molecule has 4 aromatic rings. The van der Waals surface area contributed by atoms with Crippen LogP contribution in [-0.4, -0.2) is 10.8 Å². The summed E-state index contributed by atoms with van der Waals surface area (Å²) in [6.45, 7) is 1.63. The van der Waals surface area contributed by atoms with Gasteiger partial charge in [-0.1, -0.05) is 48.5 Å². The van der Waals surface area contributed by atoms with Gasteiger partial charge in [-0.2, -0.15) is 0 Å². The molecule has 4 rings (SSSR count). The lowest BCUT2D eigenvalue weighted by Crippen LogP contribution is -1.92. The molecule has 3 heteroatoms. The summed E-state index contributed by atoms with van der Waals surface area (Å²) in [5, 5.41) is 1.15. The van der Waals surface area contributed by atoms with Crippen LogP contribution in [0.1, 0.15) is 11.8 Å². The predicted molar refractivity (Wildman–Crippen MR) is 105 cm³/mol. The second kappa shape index (κ2) is 6.61. The Labute approximate surface area is 150 Å². The number of nitrogens with zero attached hydrogens (tertiary/aromatic N) is 1. The summed E-state index contributed by atoms with van der Waals surface area (Å²) in [7, 11) is 0. The molecule has 0 saturated carbocycles. The molecule has 0 bridgehead atoms. The minimum atomic E-state index is 0.185. The molecule has 0 saturated heterocycles. The molecular formula is C22H17NOS. The number of Topliss-reactive ketones (excluding diaryl/α,β-unsaturated/α-hetero) is 1. The number of aromatic nitrogens is 1. The number of rotatable bonds is 4. The molecule has 2 aromatic heterocycles. The molecule has 0 aliphatic heterocycles. The van der Waals surface area contributed by atoms with Crippen molar-refractivity contribution in [3.8, 4) is 21.7 Å². The summed E-state index contributed by atoms with van der Waals surface area (Å²) in [4.78, 5) is 18.4. The highest BCUT2D eigenvalue weighted by molar-refractivity contribution is 7.15. The Bertz CT molecular complexity index is 1050. The molecule has 2 aromatic carbocycles. The van der Waals surface area contributed by atoms with Crippen LogP contribution in [0.3, 0.4) is 0 Å². The van der Waals surface area contributed by atoms with E-state index in [-0.39, 0.29) is 5.78 Å².